The molecule has 1 unspecified atom stereocenters. The van der Waals surface area contributed by atoms with Crippen LogP contribution in [0.5, 0.6) is 11.5 Å². The third-order valence-electron chi connectivity index (χ3n) is 5.27. The molecule has 2 aliphatic heterocycles. The molecule has 2 aromatic carbocycles. The maximum atomic E-state index is 10.8. The molecular formula is C22H25NO4S. The lowest BCUT2D eigenvalue weighted by molar-refractivity contribution is 0.0132. The minimum absolute atomic E-state index is 0.195. The molecule has 28 heavy (non-hydrogen) atoms. The van der Waals surface area contributed by atoms with E-state index < -0.39 is 6.16 Å². The van der Waals surface area contributed by atoms with Gasteiger partial charge in [0.15, 0.2) is 0 Å². The summed E-state index contributed by atoms with van der Waals surface area (Å²) in [5.74, 6) is 1.87. The summed E-state index contributed by atoms with van der Waals surface area (Å²) in [4.78, 5) is 14.3. The van der Waals surface area contributed by atoms with Crippen LogP contribution in [0, 0.1) is 0 Å². The normalized spacial score (nSPS) is 21.7. The molecule has 6 heteroatoms. The number of nitrogens with zero attached hydrogens (tertiary/aromatic N) is 1. The number of fused-ring (bicyclic) bond motifs is 2. The van der Waals surface area contributed by atoms with Crippen molar-refractivity contribution in [2.75, 3.05) is 19.6 Å². The van der Waals surface area contributed by atoms with Gasteiger partial charge in [-0.1, -0.05) is 30.3 Å². The van der Waals surface area contributed by atoms with Crippen LogP contribution in [0.2, 0.25) is 0 Å². The number of ether oxygens (including phenoxy) is 2. The topological polar surface area (TPSA) is 59.0 Å². The molecule has 2 aliphatic rings. The zero-order chi connectivity index (χ0) is 19.3. The average Bonchev–Trinajstić information content (AvgIpc) is 2.84. The van der Waals surface area contributed by atoms with Gasteiger partial charge >= 0.3 is 6.16 Å². The third-order valence-corrected chi connectivity index (χ3v) is 6.64. The van der Waals surface area contributed by atoms with Gasteiger partial charge in [0.05, 0.1) is 4.90 Å². The second-order valence-electron chi connectivity index (χ2n) is 7.28. The Labute approximate surface area is 169 Å². The molecule has 0 radical (unpaired) electrons. The predicted octanol–water partition coefficient (Wildman–Crippen LogP) is 5.56. The highest BCUT2D eigenvalue weighted by Gasteiger charge is 2.25. The van der Waals surface area contributed by atoms with Crippen LogP contribution in [0.15, 0.2) is 53.4 Å². The highest BCUT2D eigenvalue weighted by molar-refractivity contribution is 7.99. The molecule has 0 saturated carbocycles. The molecule has 5 nitrogen and oxygen atoms in total. The molecular weight excluding hydrogens is 374 g/mol. The van der Waals surface area contributed by atoms with Crippen molar-refractivity contribution >= 4 is 17.9 Å². The number of rotatable bonds is 5. The minimum atomic E-state index is -1.17. The van der Waals surface area contributed by atoms with E-state index in [1.807, 2.05) is 36.0 Å². The van der Waals surface area contributed by atoms with Gasteiger partial charge in [-0.3, -0.25) is 4.90 Å². The van der Waals surface area contributed by atoms with E-state index >= 15 is 0 Å². The Bertz CT molecular complexity index is 828. The van der Waals surface area contributed by atoms with E-state index in [1.165, 1.54) is 10.5 Å². The van der Waals surface area contributed by atoms with Crippen LogP contribution in [0.4, 0.5) is 4.79 Å². The second-order valence-corrected chi connectivity index (χ2v) is 8.53. The lowest BCUT2D eigenvalue weighted by Crippen LogP contribution is -2.40. The summed E-state index contributed by atoms with van der Waals surface area (Å²) in [5.41, 5.74) is 1.24. The maximum Gasteiger partial charge on any atom is 0.506 e. The quantitative estimate of drug-likeness (QED) is 0.664. The van der Waals surface area contributed by atoms with Crippen LogP contribution in [0.3, 0.4) is 0 Å². The fourth-order valence-corrected chi connectivity index (χ4v) is 5.27. The number of benzene rings is 2. The summed E-state index contributed by atoms with van der Waals surface area (Å²) >= 11 is 1.87. The molecule has 0 aromatic heterocycles. The van der Waals surface area contributed by atoms with E-state index in [-0.39, 0.29) is 6.10 Å². The lowest BCUT2D eigenvalue weighted by Gasteiger charge is -2.31. The van der Waals surface area contributed by atoms with Gasteiger partial charge in [-0.2, -0.15) is 0 Å². The van der Waals surface area contributed by atoms with Crippen molar-refractivity contribution < 1.29 is 19.4 Å². The molecule has 2 atom stereocenters. The zero-order valence-electron chi connectivity index (χ0n) is 15.8. The van der Waals surface area contributed by atoms with E-state index in [1.54, 1.807) is 0 Å². The van der Waals surface area contributed by atoms with Crippen LogP contribution in [0.25, 0.3) is 0 Å². The van der Waals surface area contributed by atoms with Gasteiger partial charge < -0.3 is 14.6 Å². The smallest absolute Gasteiger partial charge is 0.456 e. The van der Waals surface area contributed by atoms with Crippen LogP contribution >= 0.6 is 11.8 Å². The first kappa shape index (κ1) is 19.2. The monoisotopic (exact) mass is 399 g/mol. The lowest BCUT2D eigenvalue weighted by atomic mass is 10.0. The third kappa shape index (κ3) is 4.62. The second kappa shape index (κ2) is 8.88. The summed E-state index contributed by atoms with van der Waals surface area (Å²) in [6.45, 7) is 2.67. The van der Waals surface area contributed by atoms with Crippen molar-refractivity contribution in [2.24, 2.45) is 0 Å². The number of hydrogen-bond acceptors (Lipinski definition) is 5. The summed E-state index contributed by atoms with van der Waals surface area (Å²) in [6.07, 6.45) is 2.54. The number of hydrogen-bond donors (Lipinski definition) is 1. The molecule has 1 N–H and O–H groups in total. The summed E-state index contributed by atoms with van der Waals surface area (Å²) in [6, 6.07) is 16.5. The summed E-state index contributed by atoms with van der Waals surface area (Å²) in [7, 11) is 0. The first-order valence-electron chi connectivity index (χ1n) is 9.83. The molecule has 148 valence electrons. The van der Waals surface area contributed by atoms with Gasteiger partial charge in [0.2, 0.25) is 0 Å². The highest BCUT2D eigenvalue weighted by atomic mass is 32.2. The summed E-state index contributed by atoms with van der Waals surface area (Å²) < 4.78 is 11.2. The van der Waals surface area contributed by atoms with Crippen LogP contribution in [-0.4, -0.2) is 41.9 Å². The Balaban J connectivity index is 1.39. The first-order valence-corrected chi connectivity index (χ1v) is 10.7. The Kier molecular flexibility index (Phi) is 6.07. The Morgan fingerprint density at radius 3 is 2.82 bits per heavy atom. The SMILES string of the molecule is O=C(O)OC1CCCN(CCC[C@H]2Sc3ccccc3Oc3ccccc32)C1. The van der Waals surface area contributed by atoms with Gasteiger partial charge in [-0.05, 0) is 57.0 Å². The van der Waals surface area contributed by atoms with E-state index in [9.17, 15) is 4.79 Å². The molecule has 1 fully saturated rings. The Morgan fingerprint density at radius 1 is 1.18 bits per heavy atom. The van der Waals surface area contributed by atoms with E-state index in [0.717, 1.165) is 50.3 Å². The van der Waals surface area contributed by atoms with Crippen molar-refractivity contribution in [2.45, 2.75) is 41.9 Å². The number of likely N-dealkylation sites (tertiary alicyclic amines) is 1. The molecule has 2 heterocycles. The fourth-order valence-electron chi connectivity index (χ4n) is 3.98. The molecule has 0 amide bonds. The Hall–Kier alpha value is -2.18. The van der Waals surface area contributed by atoms with Gasteiger partial charge in [0.25, 0.3) is 0 Å². The number of carboxylic acid groups (broad SMARTS) is 1. The number of piperidine rings is 1. The molecule has 0 bridgehead atoms. The van der Waals surface area contributed by atoms with Gasteiger partial charge in [0.1, 0.15) is 17.6 Å². The van der Waals surface area contributed by atoms with Crippen molar-refractivity contribution in [3.63, 3.8) is 0 Å². The molecule has 0 spiro atoms. The zero-order valence-corrected chi connectivity index (χ0v) is 16.6. The van der Waals surface area contributed by atoms with Crippen LogP contribution < -0.4 is 4.74 Å². The van der Waals surface area contributed by atoms with Crippen molar-refractivity contribution in [3.05, 3.63) is 54.1 Å². The minimum Gasteiger partial charge on any atom is -0.456 e. The number of carbonyl (C=O) groups is 1. The van der Waals surface area contributed by atoms with Crippen molar-refractivity contribution in [1.82, 2.24) is 4.90 Å². The maximum absolute atomic E-state index is 10.8. The van der Waals surface area contributed by atoms with E-state index in [2.05, 4.69) is 29.2 Å². The van der Waals surface area contributed by atoms with Crippen molar-refractivity contribution in [3.8, 4) is 11.5 Å². The highest BCUT2D eigenvalue weighted by Crippen LogP contribution is 2.49. The predicted molar refractivity (Wildman–Crippen MR) is 109 cm³/mol. The van der Waals surface area contributed by atoms with Crippen molar-refractivity contribution in [1.29, 1.82) is 0 Å². The molecule has 1 saturated heterocycles. The van der Waals surface area contributed by atoms with E-state index in [0.29, 0.717) is 11.8 Å². The summed E-state index contributed by atoms with van der Waals surface area (Å²) in [5, 5.41) is 9.19. The number of thioether (sulfide) groups is 1. The molecule has 2 aromatic rings. The fraction of sp³-hybridized carbons (Fsp3) is 0.409. The number of para-hydroxylation sites is 2. The van der Waals surface area contributed by atoms with Gasteiger partial charge in [-0.15, -0.1) is 11.8 Å². The van der Waals surface area contributed by atoms with Gasteiger partial charge in [0, 0.05) is 17.4 Å². The van der Waals surface area contributed by atoms with Gasteiger partial charge in [-0.25, -0.2) is 4.79 Å². The Morgan fingerprint density at radius 2 is 1.96 bits per heavy atom. The standard InChI is InChI=1S/C22H25NO4S/c24-22(25)26-16-7-5-13-23(15-16)14-6-12-20-17-8-1-2-9-18(17)27-19-10-3-4-11-21(19)28-20/h1-4,8-11,16,20H,5-7,12-15H2,(H,24,25)/t16?,20-/m1/s1. The molecule has 0 aliphatic carbocycles. The first-order chi connectivity index (χ1) is 13.7. The van der Waals surface area contributed by atoms with E-state index in [4.69, 9.17) is 14.6 Å². The van der Waals surface area contributed by atoms with Crippen LogP contribution in [0.1, 0.15) is 36.5 Å². The van der Waals surface area contributed by atoms with Crippen LogP contribution in [-0.2, 0) is 4.74 Å². The largest absolute Gasteiger partial charge is 0.506 e. The average molecular weight is 400 g/mol. The molecule has 4 rings (SSSR count).